The zero-order valence-electron chi connectivity index (χ0n) is 11.9. The van der Waals surface area contributed by atoms with Crippen molar-refractivity contribution in [3.05, 3.63) is 72.0 Å². The van der Waals surface area contributed by atoms with Crippen LogP contribution in [-0.4, -0.2) is 16.6 Å². The zero-order valence-corrected chi connectivity index (χ0v) is 12.8. The maximum absolute atomic E-state index is 12.2. The number of thioether (sulfide) groups is 1. The highest BCUT2D eigenvalue weighted by molar-refractivity contribution is 8.00. The SMILES string of the molecule is O=C1CSC(c2cc3ccccc3o2)N1Cc1ccccc1. The van der Waals surface area contributed by atoms with E-state index in [1.54, 1.807) is 11.8 Å². The fraction of sp³-hybridized carbons (Fsp3) is 0.167. The normalized spacial score (nSPS) is 18.3. The lowest BCUT2D eigenvalue weighted by molar-refractivity contribution is -0.128. The number of carbonyl (C=O) groups is 1. The van der Waals surface area contributed by atoms with Crippen LogP contribution in [0.4, 0.5) is 0 Å². The summed E-state index contributed by atoms with van der Waals surface area (Å²) in [5.74, 6) is 1.53. The molecule has 1 aliphatic rings. The van der Waals surface area contributed by atoms with Crippen molar-refractivity contribution in [2.24, 2.45) is 0 Å². The number of hydrogen-bond donors (Lipinski definition) is 0. The Bertz CT molecular complexity index is 779. The molecule has 0 radical (unpaired) electrons. The van der Waals surface area contributed by atoms with Gasteiger partial charge in [-0.15, -0.1) is 11.8 Å². The molecule has 2 heterocycles. The highest BCUT2D eigenvalue weighted by Crippen LogP contribution is 2.41. The van der Waals surface area contributed by atoms with Crippen LogP contribution >= 0.6 is 11.8 Å². The van der Waals surface area contributed by atoms with Gasteiger partial charge in [0.15, 0.2) is 0 Å². The Morgan fingerprint density at radius 3 is 2.68 bits per heavy atom. The lowest BCUT2D eigenvalue weighted by atomic mass is 10.2. The highest BCUT2D eigenvalue weighted by Gasteiger charge is 2.34. The third-order valence-electron chi connectivity index (χ3n) is 3.85. The molecule has 0 saturated carbocycles. The van der Waals surface area contributed by atoms with E-state index in [1.807, 2.05) is 65.6 Å². The van der Waals surface area contributed by atoms with Gasteiger partial charge >= 0.3 is 0 Å². The summed E-state index contributed by atoms with van der Waals surface area (Å²) in [6.07, 6.45) is 0. The summed E-state index contributed by atoms with van der Waals surface area (Å²) in [6.45, 7) is 0.619. The molecule has 3 nitrogen and oxygen atoms in total. The predicted molar refractivity (Wildman–Crippen MR) is 88.4 cm³/mol. The average molecular weight is 309 g/mol. The van der Waals surface area contributed by atoms with Crippen molar-refractivity contribution in [3.63, 3.8) is 0 Å². The third-order valence-corrected chi connectivity index (χ3v) is 5.07. The molecule has 1 amide bonds. The van der Waals surface area contributed by atoms with E-state index in [4.69, 9.17) is 4.42 Å². The largest absolute Gasteiger partial charge is 0.458 e. The van der Waals surface area contributed by atoms with E-state index in [0.29, 0.717) is 12.3 Å². The van der Waals surface area contributed by atoms with Crippen LogP contribution in [0.3, 0.4) is 0 Å². The van der Waals surface area contributed by atoms with E-state index in [-0.39, 0.29) is 11.3 Å². The minimum Gasteiger partial charge on any atom is -0.458 e. The number of hydrogen-bond acceptors (Lipinski definition) is 3. The van der Waals surface area contributed by atoms with Crippen molar-refractivity contribution in [3.8, 4) is 0 Å². The molecule has 0 spiro atoms. The Morgan fingerprint density at radius 1 is 1.09 bits per heavy atom. The molecule has 4 rings (SSSR count). The van der Waals surface area contributed by atoms with Gasteiger partial charge in [-0.3, -0.25) is 4.79 Å². The van der Waals surface area contributed by atoms with Gasteiger partial charge in [-0.05, 0) is 17.7 Å². The molecule has 1 fully saturated rings. The number of nitrogens with zero attached hydrogens (tertiary/aromatic N) is 1. The summed E-state index contributed by atoms with van der Waals surface area (Å²) in [6, 6.07) is 20.1. The fourth-order valence-electron chi connectivity index (χ4n) is 2.76. The quantitative estimate of drug-likeness (QED) is 0.727. The molecule has 0 aliphatic carbocycles. The van der Waals surface area contributed by atoms with E-state index in [1.165, 1.54) is 0 Å². The first-order valence-electron chi connectivity index (χ1n) is 7.25. The molecule has 0 N–H and O–H groups in total. The first-order chi connectivity index (χ1) is 10.8. The summed E-state index contributed by atoms with van der Waals surface area (Å²) in [7, 11) is 0. The van der Waals surface area contributed by atoms with Gasteiger partial charge in [-0.1, -0.05) is 48.5 Å². The predicted octanol–water partition coefficient (Wildman–Crippen LogP) is 4.21. The molecule has 1 aromatic heterocycles. The Balaban J connectivity index is 1.66. The van der Waals surface area contributed by atoms with Gasteiger partial charge in [0.05, 0.1) is 5.75 Å². The summed E-state index contributed by atoms with van der Waals surface area (Å²) in [4.78, 5) is 14.1. The van der Waals surface area contributed by atoms with Gasteiger partial charge in [0.2, 0.25) is 5.91 Å². The van der Waals surface area contributed by atoms with Gasteiger partial charge < -0.3 is 9.32 Å². The Hall–Kier alpha value is -2.20. The number of benzene rings is 2. The minimum absolute atomic E-state index is 0.0416. The number of amides is 1. The lowest BCUT2D eigenvalue weighted by Crippen LogP contribution is -2.27. The number of carbonyl (C=O) groups excluding carboxylic acids is 1. The van der Waals surface area contributed by atoms with Crippen LogP contribution in [0, 0.1) is 0 Å². The van der Waals surface area contributed by atoms with Crippen LogP contribution in [-0.2, 0) is 11.3 Å². The van der Waals surface area contributed by atoms with Crippen molar-refractivity contribution in [2.75, 3.05) is 5.75 Å². The molecular formula is C18H15NO2S. The van der Waals surface area contributed by atoms with Gasteiger partial charge in [-0.25, -0.2) is 0 Å². The van der Waals surface area contributed by atoms with Crippen molar-refractivity contribution in [2.45, 2.75) is 11.9 Å². The van der Waals surface area contributed by atoms with Gasteiger partial charge in [0, 0.05) is 11.9 Å². The summed E-state index contributed by atoms with van der Waals surface area (Å²) in [5.41, 5.74) is 2.01. The first-order valence-corrected chi connectivity index (χ1v) is 8.29. The number of furan rings is 1. The van der Waals surface area contributed by atoms with Gasteiger partial charge in [0.25, 0.3) is 0 Å². The molecule has 3 aromatic rings. The van der Waals surface area contributed by atoms with Gasteiger partial charge in [-0.2, -0.15) is 0 Å². The molecule has 1 atom stereocenters. The van der Waals surface area contributed by atoms with Crippen molar-refractivity contribution >= 4 is 28.6 Å². The van der Waals surface area contributed by atoms with E-state index < -0.39 is 0 Å². The molecule has 4 heteroatoms. The first kappa shape index (κ1) is 13.5. The highest BCUT2D eigenvalue weighted by atomic mass is 32.2. The van der Waals surface area contributed by atoms with E-state index in [0.717, 1.165) is 22.3 Å². The van der Waals surface area contributed by atoms with Crippen LogP contribution in [0.5, 0.6) is 0 Å². The van der Waals surface area contributed by atoms with E-state index in [9.17, 15) is 4.79 Å². The standard InChI is InChI=1S/C18H15NO2S/c20-17-12-22-18(19(17)11-13-6-2-1-3-7-13)16-10-14-8-4-5-9-15(14)21-16/h1-10,18H,11-12H2. The second kappa shape index (κ2) is 5.54. The van der Waals surface area contributed by atoms with Crippen molar-refractivity contribution in [1.29, 1.82) is 0 Å². The molecule has 110 valence electrons. The average Bonchev–Trinajstić information content (AvgIpc) is 3.12. The van der Waals surface area contributed by atoms with E-state index >= 15 is 0 Å². The fourth-order valence-corrected chi connectivity index (χ4v) is 3.88. The monoisotopic (exact) mass is 309 g/mol. The second-order valence-electron chi connectivity index (χ2n) is 5.36. The number of para-hydroxylation sites is 1. The Morgan fingerprint density at radius 2 is 1.86 bits per heavy atom. The van der Waals surface area contributed by atoms with Crippen LogP contribution in [0.25, 0.3) is 11.0 Å². The van der Waals surface area contributed by atoms with Crippen LogP contribution < -0.4 is 0 Å². The summed E-state index contributed by atoms with van der Waals surface area (Å²) >= 11 is 1.63. The maximum Gasteiger partial charge on any atom is 0.234 e. The van der Waals surface area contributed by atoms with Crippen LogP contribution in [0.15, 0.2) is 65.1 Å². The molecule has 1 saturated heterocycles. The van der Waals surface area contributed by atoms with Crippen molar-refractivity contribution in [1.82, 2.24) is 4.90 Å². The molecule has 1 unspecified atom stereocenters. The Labute approximate surface area is 132 Å². The molecule has 2 aromatic carbocycles. The van der Waals surface area contributed by atoms with Crippen LogP contribution in [0.2, 0.25) is 0 Å². The molecular weight excluding hydrogens is 294 g/mol. The van der Waals surface area contributed by atoms with E-state index in [2.05, 4.69) is 0 Å². The second-order valence-corrected chi connectivity index (χ2v) is 6.43. The maximum atomic E-state index is 12.2. The molecule has 22 heavy (non-hydrogen) atoms. The zero-order chi connectivity index (χ0) is 14.9. The van der Waals surface area contributed by atoms with Crippen molar-refractivity contribution < 1.29 is 9.21 Å². The lowest BCUT2D eigenvalue weighted by Gasteiger charge is -2.22. The Kier molecular flexibility index (Phi) is 3.39. The topological polar surface area (TPSA) is 33.5 Å². The smallest absolute Gasteiger partial charge is 0.234 e. The summed E-state index contributed by atoms with van der Waals surface area (Å²) in [5, 5.41) is 1.04. The third kappa shape index (κ3) is 2.40. The number of fused-ring (bicyclic) bond motifs is 1. The van der Waals surface area contributed by atoms with Crippen LogP contribution in [0.1, 0.15) is 16.7 Å². The number of rotatable bonds is 3. The summed E-state index contributed by atoms with van der Waals surface area (Å²) < 4.78 is 5.95. The van der Waals surface area contributed by atoms with Gasteiger partial charge in [0.1, 0.15) is 16.7 Å². The minimum atomic E-state index is -0.0416. The molecule has 0 bridgehead atoms. The molecule has 1 aliphatic heterocycles.